The zero-order chi connectivity index (χ0) is 46.3. The highest BCUT2D eigenvalue weighted by molar-refractivity contribution is 8.01. The summed E-state index contributed by atoms with van der Waals surface area (Å²) in [7, 11) is 1.33. The van der Waals surface area contributed by atoms with Crippen LogP contribution in [-0.4, -0.2) is 63.4 Å². The number of benzene rings is 5. The molecule has 67 heavy (non-hydrogen) atoms. The number of carbonyl (C=O) groups excluding carboxylic acids is 3. The Morgan fingerprint density at radius 1 is 0.836 bits per heavy atom. The van der Waals surface area contributed by atoms with Crippen molar-refractivity contribution in [1.29, 1.82) is 0 Å². The van der Waals surface area contributed by atoms with Crippen LogP contribution in [0.2, 0.25) is 0 Å². The van der Waals surface area contributed by atoms with Gasteiger partial charge in [0.2, 0.25) is 0 Å². The number of amides is 2. The van der Waals surface area contributed by atoms with E-state index >= 15 is 0 Å². The van der Waals surface area contributed by atoms with Crippen LogP contribution >= 0.6 is 34.9 Å². The molecule has 0 radical (unpaired) electrons. The third kappa shape index (κ3) is 9.43. The molecule has 0 saturated carbocycles. The van der Waals surface area contributed by atoms with Crippen LogP contribution in [0.15, 0.2) is 200 Å². The third-order valence-corrected chi connectivity index (χ3v) is 14.5. The first-order valence-corrected chi connectivity index (χ1v) is 24.2. The Balaban J connectivity index is 0.990. The lowest BCUT2D eigenvalue weighted by atomic mass is 9.77. The van der Waals surface area contributed by atoms with Gasteiger partial charge in [-0.3, -0.25) is 14.5 Å². The minimum absolute atomic E-state index is 0.100. The number of ether oxygens (including phenoxy) is 1. The van der Waals surface area contributed by atoms with Crippen LogP contribution in [0.4, 0.5) is 5.13 Å². The lowest BCUT2D eigenvalue weighted by Crippen LogP contribution is -2.71. The number of esters is 1. The van der Waals surface area contributed by atoms with Crippen LogP contribution in [0.1, 0.15) is 45.4 Å². The molecule has 2 aromatic heterocycles. The standard InChI is InChI=1S/C52H43N5O7S3/c1-33-28-40(29-42(58)63-33)65-30-36-31-66-49-44(48(60)57(49)45(36)50(61)64-46(34-18-8-3-9-19-34)35-20-10-4-11-21-35)54-47(59)43(56-62-2)41-32-67-51(53-41)55-52(37-22-12-5-13-23-37,38-24-14-6-15-25-38)39-26-16-7-17-27-39/h3-29,32,44,46,49H,30-31H2,1-2H3,(H,53,55)(H,54,59)/b56-43-/t44-,49+/m1/s1. The number of rotatable bonds is 16. The van der Waals surface area contributed by atoms with Crippen LogP contribution in [-0.2, 0) is 29.5 Å². The van der Waals surface area contributed by atoms with Crippen molar-refractivity contribution in [2.45, 2.75) is 34.9 Å². The molecule has 2 aliphatic rings. The van der Waals surface area contributed by atoms with Gasteiger partial charge in [-0.05, 0) is 46.4 Å². The van der Waals surface area contributed by atoms with E-state index < -0.39 is 46.5 Å². The van der Waals surface area contributed by atoms with E-state index in [4.69, 9.17) is 19.0 Å². The quantitative estimate of drug-likeness (QED) is 0.0239. The SMILES string of the molecule is CO/N=C(\C(=O)N[C@@H]1C(=O)N2C(C(=O)OC(c3ccccc3)c3ccccc3)=C(CSc3cc(C)oc(=O)c3)CS[C@@H]12)c1csc(NC(c2ccccc2)(c2ccccc2)c2ccccc2)n1. The summed E-state index contributed by atoms with van der Waals surface area (Å²) in [5.41, 5.74) is 3.91. The first-order valence-electron chi connectivity index (χ1n) is 21.3. The minimum Gasteiger partial charge on any atom is -0.448 e. The summed E-state index contributed by atoms with van der Waals surface area (Å²) in [6.45, 7) is 1.69. The number of anilines is 1. The maximum absolute atomic E-state index is 14.6. The van der Waals surface area contributed by atoms with Gasteiger partial charge in [0.05, 0.1) is 0 Å². The van der Waals surface area contributed by atoms with E-state index in [2.05, 4.69) is 52.2 Å². The first-order chi connectivity index (χ1) is 32.7. The van der Waals surface area contributed by atoms with Crippen molar-refractivity contribution in [3.63, 3.8) is 0 Å². The topological polar surface area (TPSA) is 152 Å². The second-order valence-corrected chi connectivity index (χ2v) is 18.6. The molecule has 4 heterocycles. The fourth-order valence-electron chi connectivity index (χ4n) is 8.25. The third-order valence-electron chi connectivity index (χ3n) is 11.3. The van der Waals surface area contributed by atoms with E-state index in [0.717, 1.165) is 27.8 Å². The van der Waals surface area contributed by atoms with Gasteiger partial charge >= 0.3 is 11.6 Å². The molecule has 0 spiro atoms. The fraction of sp³-hybridized carbons (Fsp3) is 0.154. The Morgan fingerprint density at radius 3 is 1.93 bits per heavy atom. The predicted octanol–water partition coefficient (Wildman–Crippen LogP) is 8.94. The lowest BCUT2D eigenvalue weighted by molar-refractivity contribution is -0.154. The minimum atomic E-state index is -1.02. The summed E-state index contributed by atoms with van der Waals surface area (Å²) in [5.74, 6) is -0.802. The van der Waals surface area contributed by atoms with Crippen molar-refractivity contribution < 1.29 is 28.4 Å². The van der Waals surface area contributed by atoms with E-state index in [-0.39, 0.29) is 22.9 Å². The molecule has 2 atom stereocenters. The van der Waals surface area contributed by atoms with E-state index in [1.807, 2.05) is 115 Å². The van der Waals surface area contributed by atoms with Crippen molar-refractivity contribution in [3.8, 4) is 0 Å². The zero-order valence-electron chi connectivity index (χ0n) is 36.2. The number of β-lactam (4-membered cyclic amide) rings is 1. The van der Waals surface area contributed by atoms with E-state index in [9.17, 15) is 19.2 Å². The van der Waals surface area contributed by atoms with E-state index in [1.165, 1.54) is 52.9 Å². The van der Waals surface area contributed by atoms with E-state index in [1.54, 1.807) is 18.4 Å². The van der Waals surface area contributed by atoms with Crippen LogP contribution in [0.25, 0.3) is 0 Å². The molecule has 7 aromatic rings. The Hall–Kier alpha value is -7.20. The highest BCUT2D eigenvalue weighted by atomic mass is 32.2. The molecule has 0 unspecified atom stereocenters. The lowest BCUT2D eigenvalue weighted by Gasteiger charge is -2.49. The fourth-order valence-corrected chi connectivity index (χ4v) is 11.5. The van der Waals surface area contributed by atoms with Crippen LogP contribution in [0.5, 0.6) is 0 Å². The maximum atomic E-state index is 14.6. The Bertz CT molecular complexity index is 2870. The molecule has 5 aromatic carbocycles. The molecule has 9 rings (SSSR count). The zero-order valence-corrected chi connectivity index (χ0v) is 38.7. The van der Waals surface area contributed by atoms with Crippen LogP contribution in [0.3, 0.4) is 0 Å². The molecule has 1 fully saturated rings. The number of nitrogens with zero attached hydrogens (tertiary/aromatic N) is 3. The Morgan fingerprint density at radius 2 is 1.39 bits per heavy atom. The number of thioether (sulfide) groups is 2. The molecule has 0 aliphatic carbocycles. The van der Waals surface area contributed by atoms with Gasteiger partial charge in [0.25, 0.3) is 11.8 Å². The van der Waals surface area contributed by atoms with Crippen molar-refractivity contribution in [2.75, 3.05) is 23.9 Å². The summed E-state index contributed by atoms with van der Waals surface area (Å²) in [6.07, 6.45) is -0.777. The number of nitrogens with one attached hydrogen (secondary N) is 2. The molecule has 15 heteroatoms. The number of hydrogen-bond donors (Lipinski definition) is 2. The average molecular weight is 946 g/mol. The summed E-state index contributed by atoms with van der Waals surface area (Å²) in [4.78, 5) is 67.6. The first kappa shape index (κ1) is 45.0. The normalized spacial score (nSPS) is 16.0. The van der Waals surface area contributed by atoms with Gasteiger partial charge in [-0.25, -0.2) is 14.6 Å². The molecule has 2 aliphatic heterocycles. The number of oxime groups is 1. The predicted molar refractivity (Wildman–Crippen MR) is 262 cm³/mol. The second-order valence-electron chi connectivity index (χ2n) is 15.6. The monoisotopic (exact) mass is 945 g/mol. The van der Waals surface area contributed by atoms with Crippen LogP contribution in [0, 0.1) is 6.92 Å². The summed E-state index contributed by atoms with van der Waals surface area (Å²) >= 11 is 4.06. The number of fused-ring (bicyclic) bond motifs is 1. The summed E-state index contributed by atoms with van der Waals surface area (Å²) < 4.78 is 11.5. The van der Waals surface area contributed by atoms with Gasteiger partial charge in [-0.15, -0.1) is 34.9 Å². The number of aryl methyl sites for hydroxylation is 1. The number of hydrogen-bond acceptors (Lipinski definition) is 13. The van der Waals surface area contributed by atoms with Crippen LogP contribution < -0.4 is 16.3 Å². The van der Waals surface area contributed by atoms with Gasteiger partial charge in [-0.1, -0.05) is 157 Å². The number of carbonyl (C=O) groups is 3. The molecular formula is C52H43N5O7S3. The van der Waals surface area contributed by atoms with Crippen molar-refractivity contribution >= 4 is 63.5 Å². The smallest absolute Gasteiger partial charge is 0.356 e. The molecule has 336 valence electrons. The Kier molecular flexibility index (Phi) is 13.5. The molecule has 0 bridgehead atoms. The average Bonchev–Trinajstić information content (AvgIpc) is 3.83. The van der Waals surface area contributed by atoms with E-state index in [0.29, 0.717) is 27.1 Å². The largest absolute Gasteiger partial charge is 0.448 e. The molecular weight excluding hydrogens is 903 g/mol. The van der Waals surface area contributed by atoms with Gasteiger partial charge in [0, 0.05) is 27.8 Å². The van der Waals surface area contributed by atoms with Crippen molar-refractivity contribution in [1.82, 2.24) is 15.2 Å². The molecule has 12 nitrogen and oxygen atoms in total. The second kappa shape index (κ2) is 20.1. The summed E-state index contributed by atoms with van der Waals surface area (Å²) in [6, 6.07) is 51.1. The van der Waals surface area contributed by atoms with Gasteiger partial charge in [0.1, 0.15) is 41.2 Å². The highest BCUT2D eigenvalue weighted by Crippen LogP contribution is 2.44. The van der Waals surface area contributed by atoms with Crippen molar-refractivity contribution in [2.24, 2.45) is 5.16 Å². The summed E-state index contributed by atoms with van der Waals surface area (Å²) in [5, 5.41) is 12.3. The Labute approximate surface area is 399 Å². The van der Waals surface area contributed by atoms with Gasteiger partial charge < -0.3 is 24.6 Å². The molecule has 2 N–H and O–H groups in total. The molecule has 2 amide bonds. The van der Waals surface area contributed by atoms with Crippen molar-refractivity contribution in [3.05, 3.63) is 230 Å². The maximum Gasteiger partial charge on any atom is 0.356 e. The number of thiazole rings is 1. The van der Waals surface area contributed by atoms with Gasteiger partial charge in [0.15, 0.2) is 16.9 Å². The number of aromatic nitrogens is 1. The highest BCUT2D eigenvalue weighted by Gasteiger charge is 2.55. The molecule has 1 saturated heterocycles. The van der Waals surface area contributed by atoms with Gasteiger partial charge in [-0.2, -0.15) is 0 Å².